The number of rotatable bonds is 8. The second kappa shape index (κ2) is 9.54. The molecule has 3 aromatic heterocycles. The first-order valence-electron chi connectivity index (χ1n) is 10.9. The van der Waals surface area contributed by atoms with E-state index in [0.717, 1.165) is 5.69 Å². The van der Waals surface area contributed by atoms with Crippen LogP contribution < -0.4 is 21.1 Å². The first kappa shape index (κ1) is 22.5. The molecule has 36 heavy (non-hydrogen) atoms. The van der Waals surface area contributed by atoms with Crippen molar-refractivity contribution in [3.8, 4) is 22.8 Å². The molecule has 0 aliphatic carbocycles. The summed E-state index contributed by atoms with van der Waals surface area (Å²) in [6.07, 6.45) is 4.77. The Morgan fingerprint density at radius 3 is 2.56 bits per heavy atom. The molecule has 2 aromatic carbocycles. The van der Waals surface area contributed by atoms with Crippen LogP contribution in [0.4, 0.5) is 23.3 Å². The summed E-state index contributed by atoms with van der Waals surface area (Å²) in [5, 5.41) is 15.0. The number of benzene rings is 2. The Balaban J connectivity index is 1.46. The summed E-state index contributed by atoms with van der Waals surface area (Å²) in [7, 11) is 3.32. The van der Waals surface area contributed by atoms with Gasteiger partial charge in [0.05, 0.1) is 24.0 Å². The summed E-state index contributed by atoms with van der Waals surface area (Å²) in [6, 6.07) is 16.9. The SMILES string of the molecule is COc1c(Nc2nc(Nc3ccn(-c4ccccc4)n3)ncc2C(N)=O)cccc1-c1ncn(C)n1. The lowest BCUT2D eigenvalue weighted by Gasteiger charge is -2.15. The fourth-order valence-corrected chi connectivity index (χ4v) is 3.57. The quantitative estimate of drug-likeness (QED) is 0.303. The first-order valence-corrected chi connectivity index (χ1v) is 10.9. The Kier molecular flexibility index (Phi) is 5.97. The third-order valence-corrected chi connectivity index (χ3v) is 5.22. The standard InChI is InChI=1S/C24H22N10O2/c1-33-14-27-22(32-33)16-9-6-10-18(20(16)36-2)28-23-17(21(25)35)13-26-24(30-23)29-19-11-12-34(31-19)15-7-4-3-5-8-15/h3-14H,1-2H3,(H2,25,35)(H2,26,28,29,30,31). The molecule has 5 rings (SSSR count). The van der Waals surface area contributed by atoms with Gasteiger partial charge >= 0.3 is 0 Å². The van der Waals surface area contributed by atoms with Gasteiger partial charge in [-0.25, -0.2) is 14.6 Å². The van der Waals surface area contributed by atoms with Crippen LogP contribution in [-0.2, 0) is 7.05 Å². The Labute approximate surface area is 205 Å². The van der Waals surface area contributed by atoms with Crippen LogP contribution in [0.15, 0.2) is 73.3 Å². The highest BCUT2D eigenvalue weighted by molar-refractivity contribution is 5.98. The minimum absolute atomic E-state index is 0.110. The third kappa shape index (κ3) is 4.55. The number of nitrogens with two attached hydrogens (primary N) is 1. The average Bonchev–Trinajstić information content (AvgIpc) is 3.53. The van der Waals surface area contributed by atoms with Gasteiger partial charge in [0.25, 0.3) is 5.91 Å². The number of hydrogen-bond acceptors (Lipinski definition) is 9. The van der Waals surface area contributed by atoms with Gasteiger partial charge in [0.15, 0.2) is 17.4 Å². The predicted octanol–water partition coefficient (Wildman–Crippen LogP) is 3.05. The number of nitrogens with one attached hydrogen (secondary N) is 2. The van der Waals surface area contributed by atoms with Crippen molar-refractivity contribution in [2.45, 2.75) is 0 Å². The van der Waals surface area contributed by atoms with Crippen LogP contribution in [-0.4, -0.2) is 47.5 Å². The van der Waals surface area contributed by atoms with E-state index in [1.807, 2.05) is 48.7 Å². The number of aryl methyl sites for hydroxylation is 1. The molecule has 0 unspecified atom stereocenters. The van der Waals surface area contributed by atoms with Crippen molar-refractivity contribution in [2.24, 2.45) is 12.8 Å². The molecule has 4 N–H and O–H groups in total. The van der Waals surface area contributed by atoms with Crippen molar-refractivity contribution >= 4 is 29.2 Å². The number of para-hydroxylation sites is 2. The van der Waals surface area contributed by atoms with Crippen LogP contribution in [0.3, 0.4) is 0 Å². The van der Waals surface area contributed by atoms with E-state index in [1.54, 1.807) is 34.9 Å². The van der Waals surface area contributed by atoms with Crippen LogP contribution in [0.5, 0.6) is 5.75 Å². The molecule has 12 heteroatoms. The Hall–Kier alpha value is -5.26. The number of anilines is 4. The topological polar surface area (TPSA) is 151 Å². The highest BCUT2D eigenvalue weighted by atomic mass is 16.5. The maximum absolute atomic E-state index is 12.1. The van der Waals surface area contributed by atoms with E-state index in [9.17, 15) is 4.79 Å². The van der Waals surface area contributed by atoms with Gasteiger partial charge in [-0.1, -0.05) is 24.3 Å². The third-order valence-electron chi connectivity index (χ3n) is 5.22. The zero-order valence-electron chi connectivity index (χ0n) is 19.5. The molecule has 1 amide bonds. The molecule has 0 bridgehead atoms. The van der Waals surface area contributed by atoms with Crippen LogP contribution in [0.25, 0.3) is 17.1 Å². The highest BCUT2D eigenvalue weighted by Gasteiger charge is 2.18. The lowest BCUT2D eigenvalue weighted by atomic mass is 10.1. The van der Waals surface area contributed by atoms with E-state index in [-0.39, 0.29) is 17.3 Å². The molecular weight excluding hydrogens is 460 g/mol. The maximum atomic E-state index is 12.1. The van der Waals surface area contributed by atoms with Gasteiger partial charge in [0.2, 0.25) is 5.95 Å². The van der Waals surface area contributed by atoms with E-state index in [0.29, 0.717) is 28.6 Å². The normalized spacial score (nSPS) is 10.7. The summed E-state index contributed by atoms with van der Waals surface area (Å²) in [4.78, 5) is 25.1. The second-order valence-electron chi connectivity index (χ2n) is 7.68. The largest absolute Gasteiger partial charge is 0.494 e. The van der Waals surface area contributed by atoms with Crippen molar-refractivity contribution in [1.82, 2.24) is 34.5 Å². The lowest BCUT2D eigenvalue weighted by Crippen LogP contribution is -2.16. The highest BCUT2D eigenvalue weighted by Crippen LogP contribution is 2.36. The van der Waals surface area contributed by atoms with Crippen LogP contribution in [0.1, 0.15) is 10.4 Å². The van der Waals surface area contributed by atoms with Gasteiger partial charge in [-0.2, -0.15) is 15.2 Å². The molecule has 0 fully saturated rings. The molecule has 0 radical (unpaired) electrons. The van der Waals surface area contributed by atoms with E-state index < -0.39 is 5.91 Å². The van der Waals surface area contributed by atoms with Crippen molar-refractivity contribution < 1.29 is 9.53 Å². The molecule has 12 nitrogen and oxygen atoms in total. The smallest absolute Gasteiger partial charge is 0.254 e. The number of amides is 1. The summed E-state index contributed by atoms with van der Waals surface area (Å²) in [5.74, 6) is 1.24. The molecule has 180 valence electrons. The van der Waals surface area contributed by atoms with E-state index >= 15 is 0 Å². The minimum atomic E-state index is -0.682. The number of carbonyl (C=O) groups excluding carboxylic acids is 1. The fourth-order valence-electron chi connectivity index (χ4n) is 3.57. The molecule has 0 aliphatic rings. The van der Waals surface area contributed by atoms with E-state index in [2.05, 4.69) is 35.8 Å². The van der Waals surface area contributed by atoms with Gasteiger partial charge < -0.3 is 21.1 Å². The number of ether oxygens (including phenoxy) is 1. The van der Waals surface area contributed by atoms with Crippen molar-refractivity contribution in [2.75, 3.05) is 17.7 Å². The summed E-state index contributed by atoms with van der Waals surface area (Å²) >= 11 is 0. The number of hydrogen-bond donors (Lipinski definition) is 3. The van der Waals surface area contributed by atoms with Crippen LogP contribution >= 0.6 is 0 Å². The van der Waals surface area contributed by atoms with E-state index in [1.165, 1.54) is 13.3 Å². The van der Waals surface area contributed by atoms with Gasteiger partial charge in [-0.05, 0) is 24.3 Å². The number of aromatic nitrogens is 7. The molecule has 0 spiro atoms. The van der Waals surface area contributed by atoms with Gasteiger partial charge in [0, 0.05) is 25.5 Å². The zero-order valence-corrected chi connectivity index (χ0v) is 19.5. The van der Waals surface area contributed by atoms with E-state index in [4.69, 9.17) is 10.5 Å². The monoisotopic (exact) mass is 482 g/mol. The molecule has 5 aromatic rings. The molecular formula is C24H22N10O2. The molecule has 0 aliphatic heterocycles. The summed E-state index contributed by atoms with van der Waals surface area (Å²) in [6.45, 7) is 0. The minimum Gasteiger partial charge on any atom is -0.494 e. The van der Waals surface area contributed by atoms with Crippen molar-refractivity contribution in [1.29, 1.82) is 0 Å². The maximum Gasteiger partial charge on any atom is 0.254 e. The fraction of sp³-hybridized carbons (Fsp3) is 0.0833. The number of primary amides is 1. The summed E-state index contributed by atoms with van der Waals surface area (Å²) < 4.78 is 8.97. The molecule has 3 heterocycles. The molecule has 0 saturated heterocycles. The number of methoxy groups -OCH3 is 1. The number of carbonyl (C=O) groups is 1. The van der Waals surface area contributed by atoms with Crippen LogP contribution in [0.2, 0.25) is 0 Å². The van der Waals surface area contributed by atoms with Gasteiger partial charge in [-0.3, -0.25) is 9.48 Å². The lowest BCUT2D eigenvalue weighted by molar-refractivity contribution is 0.100. The Morgan fingerprint density at radius 1 is 1.00 bits per heavy atom. The molecule has 0 saturated carbocycles. The van der Waals surface area contributed by atoms with Crippen molar-refractivity contribution in [3.05, 3.63) is 78.9 Å². The van der Waals surface area contributed by atoms with Crippen molar-refractivity contribution in [3.63, 3.8) is 0 Å². The summed E-state index contributed by atoms with van der Waals surface area (Å²) in [5.41, 5.74) is 7.82. The molecule has 0 atom stereocenters. The second-order valence-corrected chi connectivity index (χ2v) is 7.68. The first-order chi connectivity index (χ1) is 17.5. The number of nitrogens with zero attached hydrogens (tertiary/aromatic N) is 7. The van der Waals surface area contributed by atoms with Gasteiger partial charge in [-0.15, -0.1) is 0 Å². The Morgan fingerprint density at radius 2 is 1.83 bits per heavy atom. The predicted molar refractivity (Wildman–Crippen MR) is 134 cm³/mol. The van der Waals surface area contributed by atoms with Gasteiger partial charge in [0.1, 0.15) is 17.7 Å². The average molecular weight is 483 g/mol. The Bertz CT molecular complexity index is 1530. The van der Waals surface area contributed by atoms with Crippen LogP contribution in [0, 0.1) is 0 Å². The zero-order chi connectivity index (χ0) is 25.1.